The fourth-order valence-electron chi connectivity index (χ4n) is 2.66. The number of hydrogen-bond acceptors (Lipinski definition) is 4. The lowest BCUT2D eigenvalue weighted by Gasteiger charge is -2.09. The molecule has 0 saturated heterocycles. The van der Waals surface area contributed by atoms with Crippen LogP contribution in [-0.4, -0.2) is 33.6 Å². The summed E-state index contributed by atoms with van der Waals surface area (Å²) in [7, 11) is 0. The minimum Gasteiger partial charge on any atom is -0.316 e. The summed E-state index contributed by atoms with van der Waals surface area (Å²) < 4.78 is 2.45. The molecule has 0 spiro atoms. The Balaban J connectivity index is 1.39. The zero-order valence-corrected chi connectivity index (χ0v) is 14.2. The highest BCUT2D eigenvalue weighted by molar-refractivity contribution is 7.99. The first-order chi connectivity index (χ1) is 10.3. The van der Waals surface area contributed by atoms with E-state index in [1.54, 1.807) is 0 Å². The first kappa shape index (κ1) is 15.3. The molecule has 21 heavy (non-hydrogen) atoms. The summed E-state index contributed by atoms with van der Waals surface area (Å²) in [6.45, 7) is 6.79. The van der Waals surface area contributed by atoms with E-state index in [-0.39, 0.29) is 0 Å². The van der Waals surface area contributed by atoms with Gasteiger partial charge >= 0.3 is 0 Å². The van der Waals surface area contributed by atoms with Gasteiger partial charge in [-0.3, -0.25) is 0 Å². The van der Waals surface area contributed by atoms with Crippen molar-refractivity contribution < 1.29 is 0 Å². The molecule has 2 aliphatic carbocycles. The number of hydrogen-bond donors (Lipinski definition) is 1. The predicted octanol–water partition coefficient (Wildman–Crippen LogP) is 3.61. The van der Waals surface area contributed by atoms with Crippen LogP contribution >= 0.6 is 11.8 Å². The molecule has 1 aromatic heterocycles. The summed E-state index contributed by atoms with van der Waals surface area (Å²) in [5.74, 6) is 3.89. The Morgan fingerprint density at radius 3 is 2.67 bits per heavy atom. The zero-order valence-electron chi connectivity index (χ0n) is 13.3. The second-order valence-corrected chi connectivity index (χ2v) is 7.91. The standard InChI is InChI=1S/C16H28N4S/c1-12(2)4-3-9-17-10-11-21-16-19-18-15(13-5-6-13)20(16)14-7-8-14/h12-14,17H,3-11H2,1-2H3. The summed E-state index contributed by atoms with van der Waals surface area (Å²) >= 11 is 1.87. The second-order valence-electron chi connectivity index (χ2n) is 6.85. The summed E-state index contributed by atoms with van der Waals surface area (Å²) in [6.07, 6.45) is 7.87. The molecule has 1 heterocycles. The quantitative estimate of drug-likeness (QED) is 0.530. The molecule has 2 fully saturated rings. The van der Waals surface area contributed by atoms with Gasteiger partial charge in [-0.2, -0.15) is 0 Å². The molecule has 0 aliphatic heterocycles. The molecule has 0 aromatic carbocycles. The SMILES string of the molecule is CC(C)CCCNCCSc1nnc(C2CC2)n1C1CC1. The lowest BCUT2D eigenvalue weighted by atomic mass is 10.1. The van der Waals surface area contributed by atoms with Gasteiger partial charge in [-0.05, 0) is 51.0 Å². The molecule has 0 bridgehead atoms. The van der Waals surface area contributed by atoms with Crippen molar-refractivity contribution in [1.29, 1.82) is 0 Å². The third-order valence-electron chi connectivity index (χ3n) is 4.19. The third-order valence-corrected chi connectivity index (χ3v) is 5.14. The normalized spacial score (nSPS) is 18.6. The van der Waals surface area contributed by atoms with Crippen LogP contribution in [0.15, 0.2) is 5.16 Å². The average Bonchev–Trinajstić information content (AvgIpc) is 3.36. The van der Waals surface area contributed by atoms with Crippen molar-refractivity contribution in [2.45, 2.75) is 69.5 Å². The maximum atomic E-state index is 4.46. The van der Waals surface area contributed by atoms with Crippen LogP contribution in [0, 0.1) is 5.92 Å². The van der Waals surface area contributed by atoms with Crippen molar-refractivity contribution >= 4 is 11.8 Å². The summed E-state index contributed by atoms with van der Waals surface area (Å²) in [4.78, 5) is 0. The van der Waals surface area contributed by atoms with Crippen molar-refractivity contribution in [3.8, 4) is 0 Å². The topological polar surface area (TPSA) is 42.7 Å². The van der Waals surface area contributed by atoms with Crippen LogP contribution in [-0.2, 0) is 0 Å². The van der Waals surface area contributed by atoms with Crippen LogP contribution in [0.25, 0.3) is 0 Å². The second kappa shape index (κ2) is 7.14. The Labute approximate surface area is 132 Å². The fourth-order valence-corrected chi connectivity index (χ4v) is 3.57. The smallest absolute Gasteiger partial charge is 0.191 e. The summed E-state index contributed by atoms with van der Waals surface area (Å²) in [5, 5.41) is 13.6. The molecule has 0 radical (unpaired) electrons. The lowest BCUT2D eigenvalue weighted by Crippen LogP contribution is -2.19. The van der Waals surface area contributed by atoms with E-state index < -0.39 is 0 Å². The van der Waals surface area contributed by atoms with Gasteiger partial charge in [0.05, 0.1) is 0 Å². The van der Waals surface area contributed by atoms with Gasteiger partial charge in [0.15, 0.2) is 5.16 Å². The van der Waals surface area contributed by atoms with E-state index in [4.69, 9.17) is 0 Å². The van der Waals surface area contributed by atoms with Gasteiger partial charge < -0.3 is 9.88 Å². The molecule has 0 unspecified atom stereocenters. The zero-order chi connectivity index (χ0) is 14.7. The van der Waals surface area contributed by atoms with Crippen molar-refractivity contribution in [2.75, 3.05) is 18.8 Å². The van der Waals surface area contributed by atoms with Gasteiger partial charge in [0.1, 0.15) is 5.82 Å². The molecule has 0 amide bonds. The number of rotatable bonds is 10. The van der Waals surface area contributed by atoms with Crippen molar-refractivity contribution in [3.05, 3.63) is 5.82 Å². The van der Waals surface area contributed by atoms with Gasteiger partial charge in [0.2, 0.25) is 0 Å². The Bertz CT molecular complexity index is 449. The predicted molar refractivity (Wildman–Crippen MR) is 87.9 cm³/mol. The van der Waals surface area contributed by atoms with Crippen LogP contribution in [0.5, 0.6) is 0 Å². The number of nitrogens with zero attached hydrogens (tertiary/aromatic N) is 3. The Hall–Kier alpha value is -0.550. The minimum absolute atomic E-state index is 0.706. The van der Waals surface area contributed by atoms with Crippen molar-refractivity contribution in [2.24, 2.45) is 5.92 Å². The molecule has 2 saturated carbocycles. The van der Waals surface area contributed by atoms with Crippen LogP contribution in [0.1, 0.15) is 70.2 Å². The van der Waals surface area contributed by atoms with E-state index in [1.807, 2.05) is 11.8 Å². The van der Waals surface area contributed by atoms with Gasteiger partial charge in [-0.15, -0.1) is 10.2 Å². The molecule has 2 aliphatic rings. The first-order valence-electron chi connectivity index (χ1n) is 8.54. The Kier molecular flexibility index (Phi) is 5.22. The molecular formula is C16H28N4S. The molecule has 3 rings (SSSR count). The van der Waals surface area contributed by atoms with Gasteiger partial charge in [-0.25, -0.2) is 0 Å². The lowest BCUT2D eigenvalue weighted by molar-refractivity contribution is 0.534. The molecule has 5 heteroatoms. The van der Waals surface area contributed by atoms with E-state index in [2.05, 4.69) is 33.9 Å². The largest absolute Gasteiger partial charge is 0.316 e. The molecular weight excluding hydrogens is 280 g/mol. The highest BCUT2D eigenvalue weighted by Gasteiger charge is 2.36. The molecule has 1 N–H and O–H groups in total. The minimum atomic E-state index is 0.706. The van der Waals surface area contributed by atoms with Gasteiger partial charge in [0, 0.05) is 24.3 Å². The van der Waals surface area contributed by atoms with Crippen LogP contribution in [0.2, 0.25) is 0 Å². The summed E-state index contributed by atoms with van der Waals surface area (Å²) in [5.41, 5.74) is 0. The van der Waals surface area contributed by atoms with E-state index in [0.717, 1.165) is 29.9 Å². The Morgan fingerprint density at radius 2 is 2.00 bits per heavy atom. The number of thioether (sulfide) groups is 1. The molecule has 4 nitrogen and oxygen atoms in total. The van der Waals surface area contributed by atoms with E-state index in [0.29, 0.717) is 12.0 Å². The average molecular weight is 308 g/mol. The van der Waals surface area contributed by atoms with E-state index >= 15 is 0 Å². The number of nitrogens with one attached hydrogen (secondary N) is 1. The molecule has 118 valence electrons. The highest BCUT2D eigenvalue weighted by atomic mass is 32.2. The van der Waals surface area contributed by atoms with Crippen molar-refractivity contribution in [1.82, 2.24) is 20.1 Å². The first-order valence-corrected chi connectivity index (χ1v) is 9.52. The maximum absolute atomic E-state index is 4.46. The maximum Gasteiger partial charge on any atom is 0.191 e. The molecule has 0 atom stereocenters. The van der Waals surface area contributed by atoms with Crippen molar-refractivity contribution in [3.63, 3.8) is 0 Å². The van der Waals surface area contributed by atoms with E-state index in [1.165, 1.54) is 44.3 Å². The highest BCUT2D eigenvalue weighted by Crippen LogP contribution is 2.45. The fraction of sp³-hybridized carbons (Fsp3) is 0.875. The third kappa shape index (κ3) is 4.46. The van der Waals surface area contributed by atoms with Crippen LogP contribution < -0.4 is 5.32 Å². The Morgan fingerprint density at radius 1 is 1.19 bits per heavy atom. The van der Waals surface area contributed by atoms with Crippen LogP contribution in [0.3, 0.4) is 0 Å². The van der Waals surface area contributed by atoms with Gasteiger partial charge in [0.25, 0.3) is 0 Å². The van der Waals surface area contributed by atoms with Gasteiger partial charge in [-0.1, -0.05) is 25.6 Å². The monoisotopic (exact) mass is 308 g/mol. The van der Waals surface area contributed by atoms with Crippen LogP contribution in [0.4, 0.5) is 0 Å². The molecule has 1 aromatic rings. The number of aromatic nitrogens is 3. The van der Waals surface area contributed by atoms with E-state index in [9.17, 15) is 0 Å². The summed E-state index contributed by atoms with van der Waals surface area (Å²) in [6, 6.07) is 0.706.